The van der Waals surface area contributed by atoms with Crippen LogP contribution in [0.1, 0.15) is 53.9 Å². The molecule has 3 aliphatic rings. The van der Waals surface area contributed by atoms with E-state index in [1.807, 2.05) is 6.08 Å². The molecule has 0 radical (unpaired) electrons. The maximum Gasteiger partial charge on any atom is 0.209 e. The average molecular weight is 401 g/mol. The molecule has 3 nitrogen and oxygen atoms in total. The molecule has 0 aromatic heterocycles. The van der Waals surface area contributed by atoms with Crippen LogP contribution in [0.4, 0.5) is 0 Å². The number of rotatable bonds is 4. The van der Waals surface area contributed by atoms with Crippen LogP contribution in [-0.4, -0.2) is 37.0 Å². The molecule has 0 saturated carbocycles. The first-order valence-electron chi connectivity index (χ1n) is 11.5. The zero-order chi connectivity index (χ0) is 20.6. The fraction of sp³-hybridized carbons (Fsp3) is 0.444. The molecule has 2 aliphatic heterocycles. The summed E-state index contributed by atoms with van der Waals surface area (Å²) in [5.74, 6) is 0.999. The van der Waals surface area contributed by atoms with Gasteiger partial charge in [0.05, 0.1) is 0 Å². The summed E-state index contributed by atoms with van der Waals surface area (Å²) in [6, 6.07) is 18.1. The Morgan fingerprint density at radius 2 is 2.03 bits per heavy atom. The van der Waals surface area contributed by atoms with Gasteiger partial charge in [-0.15, -0.1) is 0 Å². The largest absolute Gasteiger partial charge is 0.342 e. The number of amides is 1. The van der Waals surface area contributed by atoms with Gasteiger partial charge in [0.25, 0.3) is 0 Å². The van der Waals surface area contributed by atoms with Crippen LogP contribution in [0, 0.1) is 5.92 Å². The van der Waals surface area contributed by atoms with Crippen molar-refractivity contribution >= 4 is 12.5 Å². The number of hydrogen-bond donors (Lipinski definition) is 1. The molecule has 4 atom stereocenters. The van der Waals surface area contributed by atoms with Crippen molar-refractivity contribution in [2.24, 2.45) is 5.92 Å². The maximum atomic E-state index is 12.1. The minimum Gasteiger partial charge on any atom is -0.342 e. The topological polar surface area (TPSA) is 32.3 Å². The smallest absolute Gasteiger partial charge is 0.209 e. The second-order valence-electron chi connectivity index (χ2n) is 9.41. The van der Waals surface area contributed by atoms with E-state index in [2.05, 4.69) is 65.3 Å². The Morgan fingerprint density at radius 3 is 2.83 bits per heavy atom. The number of hydrogen-bond acceptors (Lipinski definition) is 2. The van der Waals surface area contributed by atoms with Gasteiger partial charge in [-0.05, 0) is 60.3 Å². The molecule has 2 fully saturated rings. The van der Waals surface area contributed by atoms with Crippen molar-refractivity contribution in [1.82, 2.24) is 10.2 Å². The molecular formula is C27H32N2O. The van der Waals surface area contributed by atoms with Crippen LogP contribution in [0.15, 0.2) is 55.1 Å². The minimum absolute atomic E-state index is 0.137. The normalized spacial score (nSPS) is 30.8. The predicted octanol–water partition coefficient (Wildman–Crippen LogP) is 4.53. The number of piperidine rings is 1. The van der Waals surface area contributed by atoms with Gasteiger partial charge in [0.2, 0.25) is 6.41 Å². The van der Waals surface area contributed by atoms with Gasteiger partial charge in [0, 0.05) is 37.0 Å². The quantitative estimate of drug-likeness (QED) is 0.765. The lowest BCUT2D eigenvalue weighted by molar-refractivity contribution is -0.123. The zero-order valence-electron chi connectivity index (χ0n) is 17.7. The molecule has 1 amide bonds. The van der Waals surface area contributed by atoms with Crippen LogP contribution >= 0.6 is 0 Å². The van der Waals surface area contributed by atoms with Gasteiger partial charge in [0.15, 0.2) is 0 Å². The summed E-state index contributed by atoms with van der Waals surface area (Å²) in [6.45, 7) is 6.85. The molecule has 3 heteroatoms. The van der Waals surface area contributed by atoms with Crippen molar-refractivity contribution in [3.63, 3.8) is 0 Å². The molecule has 30 heavy (non-hydrogen) atoms. The van der Waals surface area contributed by atoms with E-state index >= 15 is 0 Å². The van der Waals surface area contributed by atoms with Crippen molar-refractivity contribution in [3.8, 4) is 0 Å². The third-order valence-electron chi connectivity index (χ3n) is 8.04. The fourth-order valence-corrected chi connectivity index (χ4v) is 6.58. The molecule has 2 unspecified atom stereocenters. The van der Waals surface area contributed by atoms with Gasteiger partial charge < -0.3 is 10.2 Å². The summed E-state index contributed by atoms with van der Waals surface area (Å²) in [5, 5.41) is 3.74. The van der Waals surface area contributed by atoms with E-state index in [0.717, 1.165) is 45.3 Å². The molecule has 1 spiro atoms. The Kier molecular flexibility index (Phi) is 5.24. The lowest BCUT2D eigenvalue weighted by atomic mass is 9.61. The number of nitrogens with zero attached hydrogens (tertiary/aromatic N) is 1. The summed E-state index contributed by atoms with van der Waals surface area (Å²) in [4.78, 5) is 14.2. The van der Waals surface area contributed by atoms with Gasteiger partial charge in [-0.1, -0.05) is 61.2 Å². The monoisotopic (exact) mass is 400 g/mol. The number of likely N-dealkylation sites (tertiary alicyclic amines) is 1. The van der Waals surface area contributed by atoms with Crippen molar-refractivity contribution in [2.45, 2.75) is 49.5 Å². The number of fused-ring (bicyclic) bond motifs is 2. The van der Waals surface area contributed by atoms with E-state index in [1.165, 1.54) is 35.1 Å². The molecule has 2 heterocycles. The van der Waals surface area contributed by atoms with Gasteiger partial charge in [-0.25, -0.2) is 0 Å². The SMILES string of the molecule is C=Cc1ccc2c(c1)CCC[C@]21CNC[C@H]1C1CC(c2ccccc2)CCN1C=O. The van der Waals surface area contributed by atoms with Crippen LogP contribution in [-0.2, 0) is 16.6 Å². The van der Waals surface area contributed by atoms with Crippen LogP contribution < -0.4 is 5.32 Å². The van der Waals surface area contributed by atoms with Gasteiger partial charge >= 0.3 is 0 Å². The first-order chi connectivity index (χ1) is 14.7. The zero-order valence-corrected chi connectivity index (χ0v) is 17.7. The molecule has 5 rings (SSSR count). The fourth-order valence-electron chi connectivity index (χ4n) is 6.58. The highest BCUT2D eigenvalue weighted by atomic mass is 16.1. The van der Waals surface area contributed by atoms with E-state index in [0.29, 0.717) is 17.9 Å². The average Bonchev–Trinajstić information content (AvgIpc) is 3.22. The molecule has 2 aromatic carbocycles. The number of benzene rings is 2. The Balaban J connectivity index is 1.51. The first kappa shape index (κ1) is 19.6. The van der Waals surface area contributed by atoms with E-state index < -0.39 is 0 Å². The van der Waals surface area contributed by atoms with Gasteiger partial charge in [0.1, 0.15) is 0 Å². The summed E-state index contributed by atoms with van der Waals surface area (Å²) in [6.07, 6.45) is 8.78. The molecule has 1 N–H and O–H groups in total. The number of carbonyl (C=O) groups excluding carboxylic acids is 1. The predicted molar refractivity (Wildman–Crippen MR) is 122 cm³/mol. The standard InChI is InChI=1S/C27H32N2O/c1-2-20-10-11-24-23(15-20)9-6-13-27(24)18-28-17-25(27)26-16-22(12-14-29(26)19-30)21-7-4-3-5-8-21/h2-5,7-8,10-11,15,19,22,25-26,28H,1,6,9,12-14,16-18H2/t22?,25-,26?,27-/m0/s1. The minimum atomic E-state index is 0.137. The summed E-state index contributed by atoms with van der Waals surface area (Å²) < 4.78 is 0. The van der Waals surface area contributed by atoms with Crippen molar-refractivity contribution in [2.75, 3.05) is 19.6 Å². The van der Waals surface area contributed by atoms with Crippen molar-refractivity contribution in [3.05, 3.63) is 77.4 Å². The summed E-state index contributed by atoms with van der Waals surface area (Å²) in [7, 11) is 0. The van der Waals surface area contributed by atoms with E-state index in [4.69, 9.17) is 0 Å². The molecular weight excluding hydrogens is 368 g/mol. The number of carbonyl (C=O) groups is 1. The second-order valence-corrected chi connectivity index (χ2v) is 9.41. The highest BCUT2D eigenvalue weighted by molar-refractivity contribution is 5.53. The van der Waals surface area contributed by atoms with Gasteiger partial charge in [-0.2, -0.15) is 0 Å². The van der Waals surface area contributed by atoms with Crippen molar-refractivity contribution in [1.29, 1.82) is 0 Å². The molecule has 156 valence electrons. The van der Waals surface area contributed by atoms with Gasteiger partial charge in [-0.3, -0.25) is 4.79 Å². The Labute approximate surface area is 180 Å². The lowest BCUT2D eigenvalue weighted by Crippen LogP contribution is -2.52. The second kappa shape index (κ2) is 8.03. The summed E-state index contributed by atoms with van der Waals surface area (Å²) >= 11 is 0. The Bertz CT molecular complexity index is 924. The van der Waals surface area contributed by atoms with E-state index in [9.17, 15) is 4.79 Å². The Morgan fingerprint density at radius 1 is 1.17 bits per heavy atom. The third-order valence-corrected chi connectivity index (χ3v) is 8.04. The van der Waals surface area contributed by atoms with Crippen molar-refractivity contribution < 1.29 is 4.79 Å². The van der Waals surface area contributed by atoms with Crippen LogP contribution in [0.3, 0.4) is 0 Å². The van der Waals surface area contributed by atoms with Crippen LogP contribution in [0.25, 0.3) is 6.08 Å². The highest BCUT2D eigenvalue weighted by Gasteiger charge is 2.51. The maximum absolute atomic E-state index is 12.1. The molecule has 0 bridgehead atoms. The van der Waals surface area contributed by atoms with E-state index in [-0.39, 0.29) is 5.41 Å². The lowest BCUT2D eigenvalue weighted by Gasteiger charge is -2.48. The first-order valence-corrected chi connectivity index (χ1v) is 11.5. The molecule has 2 saturated heterocycles. The van der Waals surface area contributed by atoms with E-state index in [1.54, 1.807) is 0 Å². The van der Waals surface area contributed by atoms with Crippen LogP contribution in [0.5, 0.6) is 0 Å². The number of nitrogens with one attached hydrogen (secondary N) is 1. The third kappa shape index (κ3) is 3.20. The number of aryl methyl sites for hydroxylation is 1. The Hall–Kier alpha value is -2.39. The summed E-state index contributed by atoms with van der Waals surface area (Å²) in [5.41, 5.74) is 5.78. The highest BCUT2D eigenvalue weighted by Crippen LogP contribution is 2.49. The molecule has 1 aliphatic carbocycles. The van der Waals surface area contributed by atoms with Crippen LogP contribution in [0.2, 0.25) is 0 Å². The molecule has 2 aromatic rings.